The predicted octanol–water partition coefficient (Wildman–Crippen LogP) is 3.15. The molecule has 2 rings (SSSR count). The van der Waals surface area contributed by atoms with Gasteiger partial charge in [-0.3, -0.25) is 13.9 Å². The molecule has 8 heteroatoms. The molecule has 0 aromatic heterocycles. The van der Waals surface area contributed by atoms with Gasteiger partial charge in [-0.15, -0.1) is 0 Å². The summed E-state index contributed by atoms with van der Waals surface area (Å²) in [6.07, 6.45) is 0.975. The molecule has 0 heterocycles. The number of ether oxygens (including phenoxy) is 1. The van der Waals surface area contributed by atoms with Gasteiger partial charge in [-0.2, -0.15) is 0 Å². The number of rotatable bonds is 7. The lowest BCUT2D eigenvalue weighted by molar-refractivity contribution is -0.140. The first-order valence-corrected chi connectivity index (χ1v) is 10.3. The first kappa shape index (κ1) is 20.9. The third-order valence-electron chi connectivity index (χ3n) is 3.83. The second-order valence-corrected chi connectivity index (χ2v) is 8.49. The monoisotopic (exact) mass is 409 g/mol. The summed E-state index contributed by atoms with van der Waals surface area (Å²) in [5.41, 5.74) is 2.40. The van der Waals surface area contributed by atoms with E-state index >= 15 is 0 Å². The Labute approximate surface area is 163 Å². The van der Waals surface area contributed by atoms with Gasteiger partial charge in [-0.05, 0) is 43.7 Å². The van der Waals surface area contributed by atoms with E-state index in [9.17, 15) is 18.0 Å². The molecule has 6 nitrogen and oxygen atoms in total. The molecule has 144 valence electrons. The van der Waals surface area contributed by atoms with E-state index in [0.29, 0.717) is 10.6 Å². The Hall–Kier alpha value is -2.38. The molecule has 0 fully saturated rings. The molecule has 0 saturated carbocycles. The van der Waals surface area contributed by atoms with Crippen molar-refractivity contribution in [2.24, 2.45) is 0 Å². The van der Waals surface area contributed by atoms with E-state index in [2.05, 4.69) is 0 Å². The molecule has 0 amide bonds. The Kier molecular flexibility index (Phi) is 6.62. The van der Waals surface area contributed by atoms with E-state index in [4.69, 9.17) is 16.3 Å². The van der Waals surface area contributed by atoms with Crippen LogP contribution in [-0.4, -0.2) is 39.6 Å². The Morgan fingerprint density at radius 2 is 1.81 bits per heavy atom. The van der Waals surface area contributed by atoms with Crippen molar-refractivity contribution in [1.29, 1.82) is 0 Å². The molecule has 2 aromatic rings. The molecule has 0 radical (unpaired) electrons. The van der Waals surface area contributed by atoms with Gasteiger partial charge in [0, 0.05) is 10.6 Å². The van der Waals surface area contributed by atoms with E-state index in [1.165, 1.54) is 12.1 Å². The van der Waals surface area contributed by atoms with Crippen LogP contribution >= 0.6 is 11.6 Å². The molecule has 0 spiro atoms. The van der Waals surface area contributed by atoms with Gasteiger partial charge < -0.3 is 4.74 Å². The first-order chi connectivity index (χ1) is 12.6. The number of benzene rings is 2. The number of nitrogens with zero attached hydrogens (tertiary/aromatic N) is 1. The number of hydrogen-bond donors (Lipinski definition) is 0. The highest BCUT2D eigenvalue weighted by Crippen LogP contribution is 2.21. The van der Waals surface area contributed by atoms with Crippen molar-refractivity contribution in [2.45, 2.75) is 13.8 Å². The molecule has 0 bridgehead atoms. The summed E-state index contributed by atoms with van der Waals surface area (Å²) in [4.78, 5) is 24.4. The summed E-state index contributed by atoms with van der Waals surface area (Å²) < 4.78 is 29.9. The van der Waals surface area contributed by atoms with Crippen LogP contribution < -0.4 is 4.31 Å². The van der Waals surface area contributed by atoms with Crippen LogP contribution in [0.3, 0.4) is 0 Å². The molecule has 0 aliphatic rings. The molecule has 0 atom stereocenters. The zero-order valence-electron chi connectivity index (χ0n) is 15.2. The van der Waals surface area contributed by atoms with Crippen LogP contribution in [0.2, 0.25) is 5.02 Å². The normalized spacial score (nSPS) is 11.1. The lowest BCUT2D eigenvalue weighted by Gasteiger charge is -2.21. The van der Waals surface area contributed by atoms with Crippen molar-refractivity contribution in [3.8, 4) is 0 Å². The van der Waals surface area contributed by atoms with E-state index < -0.39 is 29.1 Å². The molecular formula is C19H20ClNO5S. The standard InChI is InChI=1S/C19H20ClNO5S/c1-13-7-8-14(2)17(9-13)18(22)12-26-19(23)11-21(27(3,24)25)16-6-4-5-15(20)10-16/h4-10H,11-12H2,1-3H3. The van der Waals surface area contributed by atoms with E-state index in [1.807, 2.05) is 19.1 Å². The number of carbonyl (C=O) groups excluding carboxylic acids is 2. The summed E-state index contributed by atoms with van der Waals surface area (Å²) in [6.45, 7) is 2.63. The minimum Gasteiger partial charge on any atom is -0.456 e. The Balaban J connectivity index is 2.08. The number of ketones is 1. The fourth-order valence-corrected chi connectivity index (χ4v) is 3.48. The van der Waals surface area contributed by atoms with Crippen LogP contribution in [0, 0.1) is 13.8 Å². The molecular weight excluding hydrogens is 390 g/mol. The number of Topliss-reactive ketones (excluding diaryl/α,β-unsaturated/α-hetero) is 1. The molecule has 0 aliphatic carbocycles. The maximum atomic E-state index is 12.3. The molecule has 27 heavy (non-hydrogen) atoms. The number of aryl methyl sites for hydroxylation is 2. The van der Waals surface area contributed by atoms with Gasteiger partial charge >= 0.3 is 5.97 Å². The Morgan fingerprint density at radius 3 is 2.44 bits per heavy atom. The van der Waals surface area contributed by atoms with Crippen molar-refractivity contribution in [2.75, 3.05) is 23.7 Å². The van der Waals surface area contributed by atoms with Crippen molar-refractivity contribution < 1.29 is 22.7 Å². The number of carbonyl (C=O) groups is 2. The lowest BCUT2D eigenvalue weighted by atomic mass is 10.0. The Bertz CT molecular complexity index is 972. The maximum absolute atomic E-state index is 12.3. The molecule has 0 aliphatic heterocycles. The van der Waals surface area contributed by atoms with Crippen LogP contribution in [0.4, 0.5) is 5.69 Å². The third kappa shape index (κ3) is 5.80. The van der Waals surface area contributed by atoms with Gasteiger partial charge in [-0.25, -0.2) is 8.42 Å². The highest BCUT2D eigenvalue weighted by molar-refractivity contribution is 7.92. The SMILES string of the molecule is Cc1ccc(C)c(C(=O)COC(=O)CN(c2cccc(Cl)c2)S(C)(=O)=O)c1. The maximum Gasteiger partial charge on any atom is 0.327 e. The predicted molar refractivity (Wildman–Crippen MR) is 105 cm³/mol. The number of hydrogen-bond acceptors (Lipinski definition) is 5. The van der Waals surface area contributed by atoms with Crippen molar-refractivity contribution in [3.63, 3.8) is 0 Å². The van der Waals surface area contributed by atoms with Crippen LogP contribution in [0.1, 0.15) is 21.5 Å². The van der Waals surface area contributed by atoms with Gasteiger partial charge in [-0.1, -0.05) is 35.4 Å². The summed E-state index contributed by atoms with van der Waals surface area (Å²) in [5.74, 6) is -1.18. The molecule has 2 aromatic carbocycles. The first-order valence-electron chi connectivity index (χ1n) is 8.07. The summed E-state index contributed by atoms with van der Waals surface area (Å²) in [7, 11) is -3.74. The van der Waals surface area contributed by atoms with Crippen molar-refractivity contribution >= 4 is 39.1 Å². The molecule has 0 N–H and O–H groups in total. The highest BCUT2D eigenvalue weighted by Gasteiger charge is 2.22. The second-order valence-electron chi connectivity index (χ2n) is 6.15. The van der Waals surface area contributed by atoms with Gasteiger partial charge in [0.25, 0.3) is 0 Å². The largest absolute Gasteiger partial charge is 0.456 e. The number of esters is 1. The second kappa shape index (κ2) is 8.54. The van der Waals surface area contributed by atoms with Crippen LogP contribution in [0.25, 0.3) is 0 Å². The van der Waals surface area contributed by atoms with Crippen LogP contribution in [0.15, 0.2) is 42.5 Å². The van der Waals surface area contributed by atoms with Crippen LogP contribution in [-0.2, 0) is 19.6 Å². The lowest BCUT2D eigenvalue weighted by Crippen LogP contribution is -2.36. The van der Waals surface area contributed by atoms with Gasteiger partial charge in [0.05, 0.1) is 11.9 Å². The quantitative estimate of drug-likeness (QED) is 0.518. The fourth-order valence-electron chi connectivity index (χ4n) is 2.45. The van der Waals surface area contributed by atoms with Gasteiger partial charge in [0.2, 0.25) is 15.8 Å². The van der Waals surface area contributed by atoms with Crippen molar-refractivity contribution in [1.82, 2.24) is 0 Å². The number of anilines is 1. The molecule has 0 saturated heterocycles. The summed E-state index contributed by atoms with van der Waals surface area (Å²) >= 11 is 5.89. The zero-order chi connectivity index (χ0) is 20.2. The fraction of sp³-hybridized carbons (Fsp3) is 0.263. The molecule has 0 unspecified atom stereocenters. The van der Waals surface area contributed by atoms with E-state index in [1.54, 1.807) is 25.1 Å². The summed E-state index contributed by atoms with van der Waals surface area (Å²) in [6, 6.07) is 11.5. The topological polar surface area (TPSA) is 80.8 Å². The van der Waals surface area contributed by atoms with Gasteiger partial charge in [0.15, 0.2) is 6.61 Å². The van der Waals surface area contributed by atoms with Crippen LogP contribution in [0.5, 0.6) is 0 Å². The van der Waals surface area contributed by atoms with E-state index in [0.717, 1.165) is 21.7 Å². The van der Waals surface area contributed by atoms with Gasteiger partial charge in [0.1, 0.15) is 6.54 Å². The average Bonchev–Trinajstić information content (AvgIpc) is 2.58. The van der Waals surface area contributed by atoms with Crippen molar-refractivity contribution in [3.05, 3.63) is 64.2 Å². The summed E-state index contributed by atoms with van der Waals surface area (Å²) in [5, 5.41) is 0.333. The minimum atomic E-state index is -3.74. The van der Waals surface area contributed by atoms with E-state index in [-0.39, 0.29) is 11.5 Å². The smallest absolute Gasteiger partial charge is 0.327 e. The minimum absolute atomic E-state index is 0.239. The highest BCUT2D eigenvalue weighted by atomic mass is 35.5. The Morgan fingerprint density at radius 1 is 1.11 bits per heavy atom. The third-order valence-corrected chi connectivity index (χ3v) is 5.20. The number of sulfonamides is 1. The number of halogens is 1. The zero-order valence-corrected chi connectivity index (χ0v) is 16.8. The average molecular weight is 410 g/mol.